The number of hydrogen-bond acceptors (Lipinski definition) is 1. The summed E-state index contributed by atoms with van der Waals surface area (Å²) < 4.78 is 0. The van der Waals surface area contributed by atoms with Crippen molar-refractivity contribution >= 4 is 41.4 Å². The van der Waals surface area contributed by atoms with Crippen molar-refractivity contribution in [1.29, 1.82) is 0 Å². The van der Waals surface area contributed by atoms with Crippen molar-refractivity contribution in [1.82, 2.24) is 0 Å². The summed E-state index contributed by atoms with van der Waals surface area (Å²) in [6.45, 7) is 8.55. The molecule has 212 valence electrons. The van der Waals surface area contributed by atoms with Gasteiger partial charge in [-0.3, -0.25) is 0 Å². The van der Waals surface area contributed by atoms with Crippen LogP contribution in [-0.4, -0.2) is 0 Å². The Morgan fingerprint density at radius 2 is 0.698 bits per heavy atom. The molecule has 0 unspecified atom stereocenters. The maximum absolute atomic E-state index is 2.34. The van der Waals surface area contributed by atoms with E-state index in [2.05, 4.69) is 196 Å². The zero-order valence-corrected chi connectivity index (χ0v) is 25.5. The van der Waals surface area contributed by atoms with Crippen molar-refractivity contribution in [3.63, 3.8) is 0 Å². The lowest BCUT2D eigenvalue weighted by atomic mass is 10.1. The van der Waals surface area contributed by atoms with E-state index in [9.17, 15) is 0 Å². The van der Waals surface area contributed by atoms with Crippen LogP contribution in [0.2, 0.25) is 0 Å². The Bertz CT molecular complexity index is 1640. The van der Waals surface area contributed by atoms with Crippen LogP contribution in [0.5, 0.6) is 0 Å². The zero-order chi connectivity index (χ0) is 30.0. The van der Waals surface area contributed by atoms with Gasteiger partial charge in [-0.05, 0) is 85.8 Å². The molecule has 5 rings (SSSR count). The summed E-state index contributed by atoms with van der Waals surface area (Å²) in [5.74, 6) is 0. The van der Waals surface area contributed by atoms with Gasteiger partial charge < -0.3 is 4.90 Å². The summed E-state index contributed by atoms with van der Waals surface area (Å²) in [6, 6.07) is 41.3. The molecular weight excluding hydrogens is 518 g/mol. The number of benzene rings is 5. The third-order valence-electron chi connectivity index (χ3n) is 7.43. The van der Waals surface area contributed by atoms with Crippen LogP contribution in [0.25, 0.3) is 24.3 Å². The Morgan fingerprint density at radius 1 is 0.372 bits per heavy atom. The van der Waals surface area contributed by atoms with E-state index < -0.39 is 0 Å². The number of allylic oxidation sites excluding steroid dienone is 4. The smallest absolute Gasteiger partial charge is 0.0490 e. The summed E-state index contributed by atoms with van der Waals surface area (Å²) in [4.78, 5) is 2.34. The molecule has 1 nitrogen and oxygen atoms in total. The lowest BCUT2D eigenvalue weighted by Gasteiger charge is -2.27. The lowest BCUT2D eigenvalue weighted by molar-refractivity contribution is 1.24. The Morgan fingerprint density at radius 3 is 1.05 bits per heavy atom. The van der Waals surface area contributed by atoms with Crippen LogP contribution in [0, 0.1) is 27.7 Å². The van der Waals surface area contributed by atoms with Gasteiger partial charge in [0.15, 0.2) is 0 Å². The van der Waals surface area contributed by atoms with Crippen molar-refractivity contribution in [3.05, 3.63) is 184 Å². The van der Waals surface area contributed by atoms with Crippen molar-refractivity contribution in [2.45, 2.75) is 27.7 Å². The minimum absolute atomic E-state index is 1.13. The molecule has 0 atom stereocenters. The largest absolute Gasteiger partial charge is 0.310 e. The molecule has 0 saturated heterocycles. The van der Waals surface area contributed by atoms with Gasteiger partial charge in [0.25, 0.3) is 0 Å². The van der Waals surface area contributed by atoms with E-state index in [1.807, 2.05) is 0 Å². The molecule has 43 heavy (non-hydrogen) atoms. The van der Waals surface area contributed by atoms with Crippen molar-refractivity contribution in [2.75, 3.05) is 4.90 Å². The fourth-order valence-electron chi connectivity index (χ4n) is 4.97. The van der Waals surface area contributed by atoms with E-state index in [1.54, 1.807) is 0 Å². The number of anilines is 3. The molecule has 0 spiro atoms. The molecule has 0 aliphatic heterocycles. The minimum Gasteiger partial charge on any atom is -0.310 e. The molecule has 0 bridgehead atoms. The third kappa shape index (κ3) is 8.21. The first-order chi connectivity index (χ1) is 20.9. The minimum atomic E-state index is 1.13. The highest BCUT2D eigenvalue weighted by Gasteiger charge is 2.14. The molecule has 0 amide bonds. The summed E-state index contributed by atoms with van der Waals surface area (Å²) in [7, 11) is 0. The van der Waals surface area contributed by atoms with Gasteiger partial charge >= 0.3 is 0 Å². The molecular formula is C42H39N. The molecule has 0 saturated carbocycles. The van der Waals surface area contributed by atoms with Crippen LogP contribution < -0.4 is 4.90 Å². The third-order valence-corrected chi connectivity index (χ3v) is 7.43. The maximum atomic E-state index is 2.34. The van der Waals surface area contributed by atoms with Gasteiger partial charge in [0.1, 0.15) is 0 Å². The quantitative estimate of drug-likeness (QED) is 0.163. The SMILES string of the molecule is Cc1ccc(/C=C/C=C/c2ccc(N(c3ccc(/C=C/C=C/c4ccc(C)cc4)cc3)c3ccc(C)cc3C)cc2)cc1. The van der Waals surface area contributed by atoms with Crippen LogP contribution >= 0.6 is 0 Å². The Kier molecular flexibility index (Phi) is 9.67. The van der Waals surface area contributed by atoms with Crippen molar-refractivity contribution < 1.29 is 0 Å². The van der Waals surface area contributed by atoms with E-state index in [1.165, 1.54) is 39.1 Å². The molecule has 0 aromatic heterocycles. The molecule has 1 heteroatoms. The molecule has 0 radical (unpaired) electrons. The van der Waals surface area contributed by atoms with Crippen LogP contribution in [0.1, 0.15) is 44.5 Å². The van der Waals surface area contributed by atoms with Gasteiger partial charge in [-0.15, -0.1) is 0 Å². The monoisotopic (exact) mass is 557 g/mol. The van der Waals surface area contributed by atoms with Gasteiger partial charge in [0.05, 0.1) is 0 Å². The van der Waals surface area contributed by atoms with Crippen LogP contribution in [0.3, 0.4) is 0 Å². The zero-order valence-electron chi connectivity index (χ0n) is 25.5. The van der Waals surface area contributed by atoms with E-state index in [-0.39, 0.29) is 0 Å². The van der Waals surface area contributed by atoms with Gasteiger partial charge in [-0.1, -0.05) is 150 Å². The average molecular weight is 558 g/mol. The van der Waals surface area contributed by atoms with Crippen LogP contribution in [0.4, 0.5) is 17.1 Å². The lowest BCUT2D eigenvalue weighted by Crippen LogP contribution is -2.11. The van der Waals surface area contributed by atoms with E-state index in [0.29, 0.717) is 0 Å². The number of nitrogens with zero attached hydrogens (tertiary/aromatic N) is 1. The molecule has 0 fully saturated rings. The summed E-state index contributed by atoms with van der Waals surface area (Å²) in [5.41, 5.74) is 13.2. The Labute approximate surface area is 257 Å². The van der Waals surface area contributed by atoms with Crippen molar-refractivity contribution in [3.8, 4) is 0 Å². The topological polar surface area (TPSA) is 3.24 Å². The van der Waals surface area contributed by atoms with E-state index >= 15 is 0 Å². The molecule has 0 N–H and O–H groups in total. The highest BCUT2D eigenvalue weighted by Crippen LogP contribution is 2.37. The second-order valence-corrected chi connectivity index (χ2v) is 11.1. The highest BCUT2D eigenvalue weighted by molar-refractivity contribution is 5.79. The first kappa shape index (κ1) is 29.4. The second kappa shape index (κ2) is 14.2. The molecule has 5 aromatic carbocycles. The molecule has 0 heterocycles. The molecule has 0 aliphatic rings. The average Bonchev–Trinajstić information content (AvgIpc) is 3.02. The molecule has 0 aliphatic carbocycles. The number of aryl methyl sites for hydroxylation is 4. The standard InChI is InChI=1S/C42H39N/c1-32-13-18-36(19-14-32)9-5-7-11-38-22-26-40(27-23-38)43(42-30-17-34(3)31-35(42)4)41-28-24-39(25-29-41)12-8-6-10-37-20-15-33(2)16-21-37/h5-31H,1-4H3/b9-5+,10-6+,11-7+,12-8+. The van der Waals surface area contributed by atoms with Gasteiger partial charge in [-0.2, -0.15) is 0 Å². The van der Waals surface area contributed by atoms with Crippen molar-refractivity contribution in [2.24, 2.45) is 0 Å². The first-order valence-corrected chi connectivity index (χ1v) is 14.8. The predicted octanol–water partition coefficient (Wildman–Crippen LogP) is 11.8. The Hall–Kier alpha value is -5.14. The van der Waals surface area contributed by atoms with Gasteiger partial charge in [-0.25, -0.2) is 0 Å². The first-order valence-electron chi connectivity index (χ1n) is 14.8. The number of hydrogen-bond donors (Lipinski definition) is 0. The normalized spacial score (nSPS) is 11.8. The van der Waals surface area contributed by atoms with Crippen LogP contribution in [-0.2, 0) is 0 Å². The summed E-state index contributed by atoms with van der Waals surface area (Å²) in [6.07, 6.45) is 16.9. The van der Waals surface area contributed by atoms with Gasteiger partial charge in [0, 0.05) is 17.1 Å². The molecule has 5 aromatic rings. The highest BCUT2D eigenvalue weighted by atomic mass is 15.1. The van der Waals surface area contributed by atoms with E-state index in [4.69, 9.17) is 0 Å². The number of rotatable bonds is 9. The fraction of sp³-hybridized carbons (Fsp3) is 0.0952. The van der Waals surface area contributed by atoms with Crippen LogP contribution in [0.15, 0.2) is 140 Å². The van der Waals surface area contributed by atoms with Gasteiger partial charge in [0.2, 0.25) is 0 Å². The summed E-state index contributed by atoms with van der Waals surface area (Å²) in [5, 5.41) is 0. The fourth-order valence-corrected chi connectivity index (χ4v) is 4.97. The Balaban J connectivity index is 1.34. The maximum Gasteiger partial charge on any atom is 0.0490 e. The summed E-state index contributed by atoms with van der Waals surface area (Å²) >= 11 is 0. The predicted molar refractivity (Wildman–Crippen MR) is 189 cm³/mol. The second-order valence-electron chi connectivity index (χ2n) is 11.1. The van der Waals surface area contributed by atoms with E-state index in [0.717, 1.165) is 22.5 Å².